The largest absolute Gasteiger partial charge is 0.396 e. The monoisotopic (exact) mass is 454 g/mol. The Labute approximate surface area is 200 Å². The molecule has 0 bridgehead atoms. The van der Waals surface area contributed by atoms with Crippen LogP contribution in [-0.2, 0) is 12.8 Å². The zero-order chi connectivity index (χ0) is 23.9. The normalized spacial score (nSPS) is 10.8. The van der Waals surface area contributed by atoms with Crippen LogP contribution in [-0.4, -0.2) is 47.5 Å². The number of hydrogen-bond acceptors (Lipinski definition) is 6. The summed E-state index contributed by atoms with van der Waals surface area (Å²) in [6.07, 6.45) is 4.59. The third-order valence-corrected chi connectivity index (χ3v) is 5.95. The Morgan fingerprint density at radius 3 is 1.32 bits per heavy atom. The summed E-state index contributed by atoms with van der Waals surface area (Å²) in [5, 5.41) is 19.5. The minimum atomic E-state index is 0.0113. The van der Waals surface area contributed by atoms with Gasteiger partial charge in [-0.15, -0.1) is 0 Å². The van der Waals surface area contributed by atoms with Crippen LogP contribution in [0.25, 0.3) is 11.4 Å². The maximum absolute atomic E-state index is 9.74. The molecular weight excluding hydrogens is 424 g/mol. The Hall–Kier alpha value is -3.74. The fourth-order valence-corrected chi connectivity index (χ4v) is 4.01. The van der Waals surface area contributed by atoms with Crippen LogP contribution in [0.3, 0.4) is 0 Å². The first kappa shape index (κ1) is 23.4. The van der Waals surface area contributed by atoms with Crippen LogP contribution in [0.4, 0.5) is 22.7 Å². The molecule has 0 saturated heterocycles. The molecule has 2 aromatic heterocycles. The van der Waals surface area contributed by atoms with Gasteiger partial charge in [0.2, 0.25) is 0 Å². The van der Waals surface area contributed by atoms with Crippen LogP contribution < -0.4 is 9.80 Å². The first-order valence-electron chi connectivity index (χ1n) is 11.4. The zero-order valence-corrected chi connectivity index (χ0v) is 19.6. The van der Waals surface area contributed by atoms with Crippen molar-refractivity contribution in [3.05, 3.63) is 96.3 Å². The summed E-state index contributed by atoms with van der Waals surface area (Å²) < 4.78 is 0. The molecule has 174 valence electrons. The molecule has 4 rings (SSSR count). The Bertz CT molecular complexity index is 1120. The molecule has 0 aliphatic carbocycles. The molecule has 0 atom stereocenters. The molecule has 0 fully saturated rings. The molecular formula is C28H30N4O2. The van der Waals surface area contributed by atoms with Gasteiger partial charge >= 0.3 is 0 Å². The summed E-state index contributed by atoms with van der Waals surface area (Å²) >= 11 is 0. The summed E-state index contributed by atoms with van der Waals surface area (Å²) in [7, 11) is 4.00. The highest BCUT2D eigenvalue weighted by atomic mass is 16.3. The van der Waals surface area contributed by atoms with Crippen molar-refractivity contribution in [2.24, 2.45) is 0 Å². The SMILES string of the molecule is CN(c1ccccc1)c1cnc(-c2ncc(N(C)c3ccccc3)cc2CCO)c(CCO)c1. The van der Waals surface area contributed by atoms with Crippen molar-refractivity contribution in [1.29, 1.82) is 0 Å². The number of anilines is 4. The molecule has 2 aromatic carbocycles. The molecule has 2 heterocycles. The quantitative estimate of drug-likeness (QED) is 0.380. The summed E-state index contributed by atoms with van der Waals surface area (Å²) in [6, 6.07) is 24.3. The lowest BCUT2D eigenvalue weighted by atomic mass is 10.0. The molecule has 0 unspecified atom stereocenters. The molecule has 6 nitrogen and oxygen atoms in total. The second kappa shape index (κ2) is 10.9. The molecule has 34 heavy (non-hydrogen) atoms. The van der Waals surface area contributed by atoms with Crippen molar-refractivity contribution in [2.45, 2.75) is 12.8 Å². The predicted octanol–water partition coefficient (Wildman–Crippen LogP) is 4.75. The van der Waals surface area contributed by atoms with E-state index in [1.807, 2.05) is 87.2 Å². The topological polar surface area (TPSA) is 72.7 Å². The molecule has 0 saturated carbocycles. The first-order valence-corrected chi connectivity index (χ1v) is 11.4. The fraction of sp³-hybridized carbons (Fsp3) is 0.214. The van der Waals surface area contributed by atoms with E-state index in [2.05, 4.69) is 21.9 Å². The maximum Gasteiger partial charge on any atom is 0.0923 e. The number of aromatic nitrogens is 2. The van der Waals surface area contributed by atoms with Gasteiger partial charge < -0.3 is 20.0 Å². The first-order chi connectivity index (χ1) is 16.6. The molecule has 6 heteroatoms. The number of nitrogens with zero attached hydrogens (tertiary/aromatic N) is 4. The second-order valence-electron chi connectivity index (χ2n) is 8.14. The lowest BCUT2D eigenvalue weighted by Gasteiger charge is -2.22. The number of aliphatic hydroxyl groups excluding tert-OH is 2. The van der Waals surface area contributed by atoms with E-state index in [1.54, 1.807) is 0 Å². The highest BCUT2D eigenvalue weighted by molar-refractivity contribution is 5.72. The molecule has 0 aliphatic heterocycles. The van der Waals surface area contributed by atoms with Gasteiger partial charge in [0.15, 0.2) is 0 Å². The van der Waals surface area contributed by atoms with E-state index in [0.717, 1.165) is 45.3 Å². The second-order valence-corrected chi connectivity index (χ2v) is 8.14. The number of rotatable bonds is 9. The van der Waals surface area contributed by atoms with Crippen LogP contribution in [0.5, 0.6) is 0 Å². The van der Waals surface area contributed by atoms with Crippen LogP contribution in [0.1, 0.15) is 11.1 Å². The third kappa shape index (κ3) is 5.09. The minimum absolute atomic E-state index is 0.0113. The van der Waals surface area contributed by atoms with Gasteiger partial charge in [-0.05, 0) is 60.4 Å². The lowest BCUT2D eigenvalue weighted by Crippen LogP contribution is -2.13. The van der Waals surface area contributed by atoms with E-state index in [9.17, 15) is 10.2 Å². The minimum Gasteiger partial charge on any atom is -0.396 e. The average molecular weight is 455 g/mol. The van der Waals surface area contributed by atoms with Gasteiger partial charge in [0.05, 0.1) is 35.2 Å². The maximum atomic E-state index is 9.74. The van der Waals surface area contributed by atoms with E-state index in [-0.39, 0.29) is 13.2 Å². The van der Waals surface area contributed by atoms with Gasteiger partial charge in [-0.25, -0.2) is 0 Å². The highest BCUT2D eigenvalue weighted by Crippen LogP contribution is 2.32. The molecule has 0 spiro atoms. The average Bonchev–Trinajstić information content (AvgIpc) is 2.89. The van der Waals surface area contributed by atoms with E-state index in [1.165, 1.54) is 0 Å². The van der Waals surface area contributed by atoms with Gasteiger partial charge in [0.25, 0.3) is 0 Å². The van der Waals surface area contributed by atoms with E-state index in [4.69, 9.17) is 9.97 Å². The summed E-state index contributed by atoms with van der Waals surface area (Å²) in [5.74, 6) is 0. The van der Waals surface area contributed by atoms with Crippen LogP contribution >= 0.6 is 0 Å². The van der Waals surface area contributed by atoms with Crippen molar-refractivity contribution in [2.75, 3.05) is 37.1 Å². The van der Waals surface area contributed by atoms with Crippen LogP contribution in [0.2, 0.25) is 0 Å². The Kier molecular flexibility index (Phi) is 7.52. The molecule has 4 aromatic rings. The lowest BCUT2D eigenvalue weighted by molar-refractivity contribution is 0.298. The van der Waals surface area contributed by atoms with Crippen LogP contribution in [0, 0.1) is 0 Å². The smallest absolute Gasteiger partial charge is 0.0923 e. The number of para-hydroxylation sites is 2. The number of pyridine rings is 2. The summed E-state index contributed by atoms with van der Waals surface area (Å²) in [5.41, 5.74) is 7.27. The standard InChI is InChI=1S/C28H30N4O2/c1-31(23-9-5-3-6-10-23)25-17-21(13-15-33)27(29-19-25)28-22(14-16-34)18-26(20-30-28)32(2)24-11-7-4-8-12-24/h3-12,17-20,33-34H,13-16H2,1-2H3. The van der Waals surface area contributed by atoms with E-state index >= 15 is 0 Å². The highest BCUT2D eigenvalue weighted by Gasteiger charge is 2.17. The van der Waals surface area contributed by atoms with Crippen molar-refractivity contribution in [3.63, 3.8) is 0 Å². The molecule has 2 N–H and O–H groups in total. The predicted molar refractivity (Wildman–Crippen MR) is 138 cm³/mol. The van der Waals surface area contributed by atoms with Gasteiger partial charge in [-0.1, -0.05) is 36.4 Å². The van der Waals surface area contributed by atoms with E-state index < -0.39 is 0 Å². The zero-order valence-electron chi connectivity index (χ0n) is 19.6. The number of hydrogen-bond donors (Lipinski definition) is 2. The van der Waals surface area contributed by atoms with E-state index in [0.29, 0.717) is 12.8 Å². The van der Waals surface area contributed by atoms with Gasteiger partial charge in [-0.2, -0.15) is 0 Å². The van der Waals surface area contributed by atoms with Crippen molar-refractivity contribution >= 4 is 22.7 Å². The Morgan fingerprint density at radius 2 is 0.971 bits per heavy atom. The molecule has 0 radical (unpaired) electrons. The fourth-order valence-electron chi connectivity index (χ4n) is 4.01. The van der Waals surface area contributed by atoms with Crippen molar-refractivity contribution < 1.29 is 10.2 Å². The number of benzene rings is 2. The van der Waals surface area contributed by atoms with Gasteiger partial charge in [0, 0.05) is 38.7 Å². The molecule has 0 aliphatic rings. The number of aliphatic hydroxyl groups is 2. The molecule has 0 amide bonds. The summed E-state index contributed by atoms with van der Waals surface area (Å²) in [6.45, 7) is 0.0225. The van der Waals surface area contributed by atoms with Crippen LogP contribution in [0.15, 0.2) is 85.2 Å². The van der Waals surface area contributed by atoms with Gasteiger partial charge in [0.1, 0.15) is 0 Å². The van der Waals surface area contributed by atoms with Crippen molar-refractivity contribution in [3.8, 4) is 11.4 Å². The Morgan fingerprint density at radius 1 is 0.588 bits per heavy atom. The summed E-state index contributed by atoms with van der Waals surface area (Å²) in [4.78, 5) is 13.7. The van der Waals surface area contributed by atoms with Gasteiger partial charge in [-0.3, -0.25) is 9.97 Å². The van der Waals surface area contributed by atoms with Crippen molar-refractivity contribution in [1.82, 2.24) is 9.97 Å². The Balaban J connectivity index is 1.73. The third-order valence-electron chi connectivity index (χ3n) is 5.95.